The van der Waals surface area contributed by atoms with Crippen molar-refractivity contribution >= 4 is 23.9 Å². The second-order valence-electron chi connectivity index (χ2n) is 4.74. The second kappa shape index (κ2) is 5.32. The first-order valence-electron chi connectivity index (χ1n) is 6.15. The molecule has 108 valence electrons. The zero-order valence-corrected chi connectivity index (χ0v) is 12.0. The molecular weight excluding hydrogens is 284 g/mol. The van der Waals surface area contributed by atoms with Gasteiger partial charge in [-0.1, -0.05) is 18.0 Å². The predicted molar refractivity (Wildman–Crippen MR) is 73.1 cm³/mol. The number of hydrogen-bond acceptors (Lipinski definition) is 4. The van der Waals surface area contributed by atoms with Crippen molar-refractivity contribution < 1.29 is 24.2 Å². The van der Waals surface area contributed by atoms with Gasteiger partial charge in [0.1, 0.15) is 0 Å². The zero-order chi connectivity index (χ0) is 14.9. The molecule has 1 N–H and O–H groups in total. The number of carboxylic acids is 1. The van der Waals surface area contributed by atoms with Crippen molar-refractivity contribution in [3.05, 3.63) is 22.2 Å². The summed E-state index contributed by atoms with van der Waals surface area (Å²) in [5.74, 6) is -0.474. The lowest BCUT2D eigenvalue weighted by Crippen LogP contribution is -2.42. The van der Waals surface area contributed by atoms with Crippen LogP contribution in [-0.4, -0.2) is 31.6 Å². The van der Waals surface area contributed by atoms with Gasteiger partial charge in [-0.3, -0.25) is 9.59 Å². The van der Waals surface area contributed by atoms with E-state index in [0.29, 0.717) is 24.7 Å². The van der Waals surface area contributed by atoms with Crippen molar-refractivity contribution in [2.24, 2.45) is 0 Å². The van der Waals surface area contributed by atoms with E-state index in [1.165, 1.54) is 20.3 Å². The number of carbonyl (C=O) groups excluding carboxylic acids is 1. The molecule has 0 atom stereocenters. The molecule has 0 bridgehead atoms. The molecule has 0 unspecified atom stereocenters. The van der Waals surface area contributed by atoms with E-state index in [2.05, 4.69) is 0 Å². The van der Waals surface area contributed by atoms with Crippen molar-refractivity contribution in [2.75, 3.05) is 14.2 Å². The number of ether oxygens (including phenoxy) is 2. The molecule has 0 saturated heterocycles. The van der Waals surface area contributed by atoms with Gasteiger partial charge in [-0.15, -0.1) is 0 Å². The average molecular weight is 299 g/mol. The highest BCUT2D eigenvalue weighted by Crippen LogP contribution is 2.51. The highest BCUT2D eigenvalue weighted by Gasteiger charge is 2.48. The minimum absolute atomic E-state index is 0.162. The van der Waals surface area contributed by atoms with Crippen LogP contribution in [0.2, 0.25) is 5.02 Å². The summed E-state index contributed by atoms with van der Waals surface area (Å²) in [6, 6.07) is 1.50. The van der Waals surface area contributed by atoms with Crippen molar-refractivity contribution in [3.63, 3.8) is 0 Å². The first kappa shape index (κ1) is 14.7. The van der Waals surface area contributed by atoms with E-state index in [9.17, 15) is 14.7 Å². The molecule has 0 aliphatic heterocycles. The Hall–Kier alpha value is -1.75. The number of rotatable bonds is 5. The topological polar surface area (TPSA) is 72.8 Å². The third-order valence-electron chi connectivity index (χ3n) is 3.88. The van der Waals surface area contributed by atoms with Gasteiger partial charge in [0, 0.05) is 5.56 Å². The molecule has 2 rings (SSSR count). The van der Waals surface area contributed by atoms with E-state index in [0.717, 1.165) is 6.42 Å². The smallest absolute Gasteiger partial charge is 0.314 e. The largest absolute Gasteiger partial charge is 0.493 e. The molecule has 1 saturated carbocycles. The van der Waals surface area contributed by atoms with Gasteiger partial charge < -0.3 is 14.6 Å². The maximum absolute atomic E-state index is 11.6. The van der Waals surface area contributed by atoms with Crippen molar-refractivity contribution in [1.82, 2.24) is 0 Å². The molecule has 20 heavy (non-hydrogen) atoms. The third-order valence-corrected chi connectivity index (χ3v) is 4.19. The van der Waals surface area contributed by atoms with E-state index >= 15 is 0 Å². The Bertz CT molecular complexity index is 563. The van der Waals surface area contributed by atoms with E-state index in [1.807, 2.05) is 0 Å². The van der Waals surface area contributed by atoms with Gasteiger partial charge >= 0.3 is 5.97 Å². The normalized spacial score (nSPS) is 16.1. The van der Waals surface area contributed by atoms with Gasteiger partial charge in [0.05, 0.1) is 30.2 Å². The minimum atomic E-state index is -1.01. The predicted octanol–water partition coefficient (Wildman–Crippen LogP) is 2.68. The number of carboxylic acid groups (broad SMARTS) is 1. The van der Waals surface area contributed by atoms with E-state index in [4.69, 9.17) is 21.1 Å². The summed E-state index contributed by atoms with van der Waals surface area (Å²) in [5, 5.41) is 9.70. The van der Waals surface area contributed by atoms with Crippen LogP contribution in [-0.2, 0) is 10.2 Å². The fourth-order valence-electron chi connectivity index (χ4n) is 2.62. The minimum Gasteiger partial charge on any atom is -0.493 e. The van der Waals surface area contributed by atoms with E-state index in [-0.39, 0.29) is 22.1 Å². The molecule has 1 fully saturated rings. The van der Waals surface area contributed by atoms with Crippen LogP contribution in [0.25, 0.3) is 0 Å². The molecule has 1 aliphatic carbocycles. The lowest BCUT2D eigenvalue weighted by Gasteiger charge is -2.39. The number of methoxy groups -OCH3 is 2. The SMILES string of the molecule is COc1c(C2(C(=O)O)CCC2)cc(Cl)c(C=O)c1OC. The molecule has 0 radical (unpaired) electrons. The number of hydrogen-bond donors (Lipinski definition) is 1. The number of carbonyl (C=O) groups is 2. The van der Waals surface area contributed by atoms with Crippen LogP contribution >= 0.6 is 11.6 Å². The van der Waals surface area contributed by atoms with Crippen molar-refractivity contribution in [1.29, 1.82) is 0 Å². The number of benzene rings is 1. The highest BCUT2D eigenvalue weighted by atomic mass is 35.5. The summed E-state index contributed by atoms with van der Waals surface area (Å²) in [7, 11) is 2.80. The molecule has 0 aromatic heterocycles. The number of aliphatic carboxylic acids is 1. The van der Waals surface area contributed by atoms with Gasteiger partial charge in [-0.2, -0.15) is 0 Å². The fourth-order valence-corrected chi connectivity index (χ4v) is 2.86. The zero-order valence-electron chi connectivity index (χ0n) is 11.2. The molecule has 5 nitrogen and oxygen atoms in total. The maximum Gasteiger partial charge on any atom is 0.314 e. The Morgan fingerprint density at radius 3 is 2.30 bits per heavy atom. The molecule has 1 aliphatic rings. The van der Waals surface area contributed by atoms with E-state index < -0.39 is 11.4 Å². The summed E-state index contributed by atoms with van der Waals surface area (Å²) < 4.78 is 10.5. The van der Waals surface area contributed by atoms with Crippen molar-refractivity contribution in [2.45, 2.75) is 24.7 Å². The Balaban J connectivity index is 2.74. The molecule has 1 aromatic rings. The Morgan fingerprint density at radius 1 is 1.35 bits per heavy atom. The monoisotopic (exact) mass is 298 g/mol. The summed E-state index contributed by atoms with van der Waals surface area (Å²) in [4.78, 5) is 22.7. The standard InChI is InChI=1S/C14H15ClO5/c1-19-11-8(7-16)10(15)6-9(12(11)20-2)14(13(17)18)4-3-5-14/h6-7H,3-5H2,1-2H3,(H,17,18). The lowest BCUT2D eigenvalue weighted by atomic mass is 9.64. The summed E-state index contributed by atoms with van der Waals surface area (Å²) in [6.45, 7) is 0. The van der Waals surface area contributed by atoms with Gasteiger partial charge in [-0.25, -0.2) is 0 Å². The van der Waals surface area contributed by atoms with Crippen LogP contribution in [0.1, 0.15) is 35.2 Å². The molecule has 0 spiro atoms. The summed E-state index contributed by atoms with van der Waals surface area (Å²) >= 11 is 6.07. The first-order valence-corrected chi connectivity index (χ1v) is 6.53. The van der Waals surface area contributed by atoms with E-state index in [1.54, 1.807) is 0 Å². The van der Waals surface area contributed by atoms with Crippen molar-refractivity contribution in [3.8, 4) is 11.5 Å². The molecule has 6 heteroatoms. The lowest BCUT2D eigenvalue weighted by molar-refractivity contribution is -0.147. The van der Waals surface area contributed by atoms with Crippen LogP contribution in [0, 0.1) is 0 Å². The highest BCUT2D eigenvalue weighted by molar-refractivity contribution is 6.33. The molecule has 0 heterocycles. The summed E-state index contributed by atoms with van der Waals surface area (Å²) in [6.07, 6.45) is 2.42. The Morgan fingerprint density at radius 2 is 1.95 bits per heavy atom. The Kier molecular flexibility index (Phi) is 3.90. The van der Waals surface area contributed by atoms with Gasteiger partial charge in [0.25, 0.3) is 0 Å². The molecular formula is C14H15ClO5. The fraction of sp³-hybridized carbons (Fsp3) is 0.429. The van der Waals surface area contributed by atoms with Crippen LogP contribution in [0.4, 0.5) is 0 Å². The molecule has 0 amide bonds. The second-order valence-corrected chi connectivity index (χ2v) is 5.15. The van der Waals surface area contributed by atoms with Crippen LogP contribution in [0.15, 0.2) is 6.07 Å². The van der Waals surface area contributed by atoms with Crippen LogP contribution < -0.4 is 9.47 Å². The summed E-state index contributed by atoms with van der Waals surface area (Å²) in [5.41, 5.74) is -0.384. The van der Waals surface area contributed by atoms with Crippen LogP contribution in [0.3, 0.4) is 0 Å². The molecule has 1 aromatic carbocycles. The van der Waals surface area contributed by atoms with Gasteiger partial charge in [-0.05, 0) is 18.9 Å². The maximum atomic E-state index is 11.6. The van der Waals surface area contributed by atoms with Gasteiger partial charge in [0.15, 0.2) is 17.8 Å². The quantitative estimate of drug-likeness (QED) is 0.846. The number of aldehydes is 1. The van der Waals surface area contributed by atoms with Crippen LogP contribution in [0.5, 0.6) is 11.5 Å². The van der Waals surface area contributed by atoms with Gasteiger partial charge in [0.2, 0.25) is 0 Å². The first-order chi connectivity index (χ1) is 9.51. The average Bonchev–Trinajstić information content (AvgIpc) is 2.36. The Labute approximate surface area is 121 Å². The third kappa shape index (κ3) is 1.93. The number of halogens is 1.